The summed E-state index contributed by atoms with van der Waals surface area (Å²) in [7, 11) is 0. The van der Waals surface area contributed by atoms with Crippen LogP contribution in [0.25, 0.3) is 0 Å². The number of hydrogen-bond donors (Lipinski definition) is 3. The normalized spacial score (nSPS) is 11.6. The fourth-order valence-corrected chi connectivity index (χ4v) is 1.84. The van der Waals surface area contributed by atoms with Crippen molar-refractivity contribution < 1.29 is 4.79 Å². The molecule has 0 radical (unpaired) electrons. The molecule has 0 bridgehead atoms. The maximum Gasteiger partial charge on any atom is 0.246 e. The van der Waals surface area contributed by atoms with E-state index in [-0.39, 0.29) is 5.91 Å². The van der Waals surface area contributed by atoms with Crippen molar-refractivity contribution in [3.8, 4) is 0 Å². The molecule has 1 aromatic carbocycles. The Labute approximate surface area is 127 Å². The molecule has 5 heteroatoms. The molecule has 0 saturated carbocycles. The lowest BCUT2D eigenvalue weighted by molar-refractivity contribution is -0.125. The first-order valence-electron chi connectivity index (χ1n) is 7.35. The highest BCUT2D eigenvalue weighted by Gasteiger charge is 2.26. The molecule has 1 aromatic rings. The van der Waals surface area contributed by atoms with E-state index in [1.165, 1.54) is 0 Å². The first-order valence-corrected chi connectivity index (χ1v) is 7.35. The van der Waals surface area contributed by atoms with Crippen LogP contribution in [0.5, 0.6) is 0 Å². The summed E-state index contributed by atoms with van der Waals surface area (Å²) in [6.45, 7) is 10.7. The van der Waals surface area contributed by atoms with Gasteiger partial charge >= 0.3 is 0 Å². The average molecular weight is 292 g/mol. The number of anilines is 3. The van der Waals surface area contributed by atoms with E-state index in [9.17, 15) is 4.79 Å². The summed E-state index contributed by atoms with van der Waals surface area (Å²) >= 11 is 0. The number of nitrogens with one attached hydrogen (secondary N) is 1. The molecule has 0 spiro atoms. The van der Waals surface area contributed by atoms with Crippen LogP contribution in [0.4, 0.5) is 17.1 Å². The Morgan fingerprint density at radius 3 is 2.43 bits per heavy atom. The Morgan fingerprint density at radius 2 is 1.95 bits per heavy atom. The molecule has 118 valence electrons. The molecular formula is C16H28N4O. The largest absolute Gasteiger partial charge is 0.397 e. The third kappa shape index (κ3) is 4.93. The second-order valence-corrected chi connectivity index (χ2v) is 6.81. The van der Waals surface area contributed by atoms with Crippen LogP contribution < -0.4 is 21.9 Å². The molecular weight excluding hydrogens is 264 g/mol. The maximum absolute atomic E-state index is 12.2. The zero-order valence-electron chi connectivity index (χ0n) is 13.7. The van der Waals surface area contributed by atoms with E-state index in [2.05, 4.69) is 19.2 Å². The highest BCUT2D eigenvalue weighted by Crippen LogP contribution is 2.27. The smallest absolute Gasteiger partial charge is 0.246 e. The Hall–Kier alpha value is -1.75. The van der Waals surface area contributed by atoms with Gasteiger partial charge in [0.2, 0.25) is 5.91 Å². The van der Waals surface area contributed by atoms with Crippen LogP contribution in [0.15, 0.2) is 18.2 Å². The summed E-state index contributed by atoms with van der Waals surface area (Å²) in [6.07, 6.45) is 1.08. The van der Waals surface area contributed by atoms with Gasteiger partial charge in [0.05, 0.1) is 17.1 Å². The molecule has 5 nitrogen and oxygen atoms in total. The van der Waals surface area contributed by atoms with Gasteiger partial charge in [0, 0.05) is 12.0 Å². The first-order chi connectivity index (χ1) is 9.62. The van der Waals surface area contributed by atoms with Gasteiger partial charge in [-0.25, -0.2) is 10.9 Å². The number of nitrogen functional groups attached to an aromatic ring is 1. The second-order valence-electron chi connectivity index (χ2n) is 6.81. The van der Waals surface area contributed by atoms with E-state index >= 15 is 0 Å². The fourth-order valence-electron chi connectivity index (χ4n) is 1.84. The third-order valence-corrected chi connectivity index (χ3v) is 3.21. The molecule has 1 rings (SSSR count). The van der Waals surface area contributed by atoms with Crippen LogP contribution in [-0.4, -0.2) is 12.5 Å². The van der Waals surface area contributed by atoms with Crippen LogP contribution in [0, 0.1) is 11.3 Å². The van der Waals surface area contributed by atoms with Crippen LogP contribution in [-0.2, 0) is 4.79 Å². The van der Waals surface area contributed by atoms with Gasteiger partial charge in [-0.05, 0) is 30.5 Å². The number of nitrogens with two attached hydrogens (primary N) is 2. The lowest BCUT2D eigenvalue weighted by Crippen LogP contribution is -2.44. The predicted octanol–water partition coefficient (Wildman–Crippen LogP) is 2.98. The number of carbonyl (C=O) groups excluding carboxylic acids is 1. The number of hydrazine groups is 1. The minimum atomic E-state index is -0.530. The van der Waals surface area contributed by atoms with Gasteiger partial charge in [-0.1, -0.05) is 34.6 Å². The number of nitrogens with zero attached hydrogens (tertiary/aromatic N) is 1. The van der Waals surface area contributed by atoms with Gasteiger partial charge < -0.3 is 11.1 Å². The van der Waals surface area contributed by atoms with Crippen LogP contribution in [0.2, 0.25) is 0 Å². The summed E-state index contributed by atoms with van der Waals surface area (Å²) in [5.74, 6) is 6.38. The number of rotatable bonds is 5. The summed E-state index contributed by atoms with van der Waals surface area (Å²) < 4.78 is 0. The van der Waals surface area contributed by atoms with Crippen molar-refractivity contribution in [2.45, 2.75) is 41.0 Å². The van der Waals surface area contributed by atoms with Crippen molar-refractivity contribution in [3.63, 3.8) is 0 Å². The van der Waals surface area contributed by atoms with E-state index < -0.39 is 5.41 Å². The van der Waals surface area contributed by atoms with Gasteiger partial charge in [-0.2, -0.15) is 0 Å². The molecule has 0 fully saturated rings. The van der Waals surface area contributed by atoms with Crippen LogP contribution in [0.1, 0.15) is 41.0 Å². The Balaban J connectivity index is 2.80. The van der Waals surface area contributed by atoms with Crippen molar-refractivity contribution >= 4 is 23.0 Å². The van der Waals surface area contributed by atoms with Gasteiger partial charge in [-0.3, -0.25) is 4.79 Å². The zero-order valence-corrected chi connectivity index (χ0v) is 13.7. The number of hydrogen-bond acceptors (Lipinski definition) is 4. The lowest BCUT2D eigenvalue weighted by atomic mass is 9.95. The molecule has 0 aromatic heterocycles. The highest BCUT2D eigenvalue weighted by atomic mass is 16.2. The lowest BCUT2D eigenvalue weighted by Gasteiger charge is -2.25. The van der Waals surface area contributed by atoms with E-state index in [4.69, 9.17) is 11.6 Å². The van der Waals surface area contributed by atoms with Gasteiger partial charge in [-0.15, -0.1) is 0 Å². The highest BCUT2D eigenvalue weighted by molar-refractivity contribution is 5.96. The summed E-state index contributed by atoms with van der Waals surface area (Å²) in [5, 5.41) is 4.46. The number of amides is 1. The molecule has 21 heavy (non-hydrogen) atoms. The van der Waals surface area contributed by atoms with Crippen molar-refractivity contribution in [1.29, 1.82) is 0 Å². The number of benzene rings is 1. The van der Waals surface area contributed by atoms with Gasteiger partial charge in [0.1, 0.15) is 0 Å². The average Bonchev–Trinajstić information content (AvgIpc) is 2.37. The van der Waals surface area contributed by atoms with Gasteiger partial charge in [0.15, 0.2) is 0 Å². The van der Waals surface area contributed by atoms with E-state index in [0.29, 0.717) is 17.3 Å². The summed E-state index contributed by atoms with van der Waals surface area (Å²) in [4.78, 5) is 12.2. The third-order valence-electron chi connectivity index (χ3n) is 3.21. The van der Waals surface area contributed by atoms with Crippen LogP contribution in [0.3, 0.4) is 0 Å². The monoisotopic (exact) mass is 292 g/mol. The van der Waals surface area contributed by atoms with Crippen molar-refractivity contribution in [2.75, 3.05) is 22.6 Å². The molecule has 0 aliphatic carbocycles. The minimum Gasteiger partial charge on any atom is -0.397 e. The Morgan fingerprint density at radius 1 is 1.33 bits per heavy atom. The Bertz CT molecular complexity index is 492. The molecule has 0 heterocycles. The zero-order chi connectivity index (χ0) is 16.2. The van der Waals surface area contributed by atoms with E-state index in [0.717, 1.165) is 23.7 Å². The second kappa shape index (κ2) is 6.80. The Kier molecular flexibility index (Phi) is 5.61. The fraction of sp³-hybridized carbons (Fsp3) is 0.562. The SMILES string of the molecule is CC(C)CCNc1ccc(N(N)C(=O)C(C)(C)C)cc1N. The summed E-state index contributed by atoms with van der Waals surface area (Å²) in [6, 6.07) is 5.39. The van der Waals surface area contributed by atoms with E-state index in [1.807, 2.05) is 26.8 Å². The predicted molar refractivity (Wildman–Crippen MR) is 89.9 cm³/mol. The molecule has 0 unspecified atom stereocenters. The van der Waals surface area contributed by atoms with E-state index in [1.54, 1.807) is 12.1 Å². The molecule has 0 aliphatic rings. The number of carbonyl (C=O) groups is 1. The molecule has 0 saturated heterocycles. The topological polar surface area (TPSA) is 84.4 Å². The summed E-state index contributed by atoms with van der Waals surface area (Å²) in [5.41, 5.74) is 7.56. The first kappa shape index (κ1) is 17.3. The minimum absolute atomic E-state index is 0.151. The molecule has 0 aliphatic heterocycles. The van der Waals surface area contributed by atoms with Crippen molar-refractivity contribution in [1.82, 2.24) is 0 Å². The van der Waals surface area contributed by atoms with Crippen molar-refractivity contribution in [3.05, 3.63) is 18.2 Å². The van der Waals surface area contributed by atoms with Gasteiger partial charge in [0.25, 0.3) is 0 Å². The quantitative estimate of drug-likeness (QED) is 0.337. The van der Waals surface area contributed by atoms with Crippen LogP contribution >= 0.6 is 0 Å². The maximum atomic E-state index is 12.2. The molecule has 5 N–H and O–H groups in total. The molecule has 0 atom stereocenters. The standard InChI is InChI=1S/C16H28N4O/c1-11(2)8-9-19-14-7-6-12(10-13(14)17)20(18)15(21)16(3,4)5/h6-7,10-11,19H,8-9,17-18H2,1-5H3. The molecule has 1 amide bonds. The van der Waals surface area contributed by atoms with Crippen molar-refractivity contribution in [2.24, 2.45) is 17.2 Å².